The Balaban J connectivity index is 1.18. The molecule has 11 heteroatoms. The van der Waals surface area contributed by atoms with Gasteiger partial charge in [-0.2, -0.15) is 13.2 Å². The van der Waals surface area contributed by atoms with Crippen molar-refractivity contribution in [3.8, 4) is 11.8 Å². The maximum atomic E-state index is 15.6. The first-order valence-corrected chi connectivity index (χ1v) is 13.6. The van der Waals surface area contributed by atoms with Gasteiger partial charge in [-0.3, -0.25) is 9.78 Å². The van der Waals surface area contributed by atoms with Crippen LogP contribution in [0.15, 0.2) is 24.5 Å². The molecule has 1 aliphatic heterocycles. The zero-order valence-corrected chi connectivity index (χ0v) is 22.5. The largest absolute Gasteiger partial charge is 0.469 e. The van der Waals surface area contributed by atoms with Gasteiger partial charge in [0.25, 0.3) is 0 Å². The molecule has 0 amide bonds. The number of aromatic nitrogens is 3. The Bertz CT molecular complexity index is 1100. The minimum atomic E-state index is -4.45. The number of fused-ring (bicyclic) bond motifs is 1. The number of ketones is 1. The van der Waals surface area contributed by atoms with E-state index in [0.717, 1.165) is 30.4 Å². The number of carbonyl (C=O) groups excluding carboxylic acids is 1. The van der Waals surface area contributed by atoms with Crippen LogP contribution in [-0.4, -0.2) is 69.8 Å². The minimum absolute atomic E-state index is 0.0205. The van der Waals surface area contributed by atoms with Crippen LogP contribution >= 0.6 is 0 Å². The molecule has 0 N–H and O–H groups in total. The molecule has 39 heavy (non-hydrogen) atoms. The average molecular weight is 553 g/mol. The lowest BCUT2D eigenvalue weighted by atomic mass is 9.76. The Hall–Kier alpha value is -2.82. The molecule has 0 bridgehead atoms. The Kier molecular flexibility index (Phi) is 9.40. The van der Waals surface area contributed by atoms with Crippen molar-refractivity contribution in [1.82, 2.24) is 19.9 Å². The third-order valence-electron chi connectivity index (χ3n) is 7.70. The quantitative estimate of drug-likeness (QED) is 0.373. The number of hydrogen-bond donors (Lipinski definition) is 0. The Labute approximate surface area is 226 Å². The highest BCUT2D eigenvalue weighted by atomic mass is 19.4. The fraction of sp³-hybridized carbons (Fsp3) is 0.643. The summed E-state index contributed by atoms with van der Waals surface area (Å²) in [5.41, 5.74) is 1.25. The lowest BCUT2D eigenvalue weighted by Gasteiger charge is -2.35. The van der Waals surface area contributed by atoms with Crippen LogP contribution in [0.25, 0.3) is 0 Å². The van der Waals surface area contributed by atoms with E-state index in [1.807, 2.05) is 6.92 Å². The van der Waals surface area contributed by atoms with Gasteiger partial charge in [0.05, 0.1) is 18.1 Å². The second-order valence-corrected chi connectivity index (χ2v) is 10.8. The molecular weight excluding hydrogens is 516 g/mol. The van der Waals surface area contributed by atoms with Gasteiger partial charge in [0.2, 0.25) is 11.8 Å². The van der Waals surface area contributed by atoms with Crippen molar-refractivity contribution in [2.45, 2.75) is 83.2 Å². The summed E-state index contributed by atoms with van der Waals surface area (Å²) in [5, 5.41) is 0. The standard InChI is InChI=1S/C28H36F4N4O3/c1-19-16-34-26(17-33-19)38-18-23(37)15-21-5-9-27(29,10-6-21)11-14-36-12-7-22-3-4-25(35-24(22)8-13-36)39-20(2)28(30,31)32/h3-4,16-17,20-21H,5-15,18H2,1-2H3/t20-,21?,27?/m1/s1. The van der Waals surface area contributed by atoms with Gasteiger partial charge in [-0.15, -0.1) is 0 Å². The van der Waals surface area contributed by atoms with Crippen LogP contribution in [0.3, 0.4) is 0 Å². The second-order valence-electron chi connectivity index (χ2n) is 10.8. The molecule has 1 atom stereocenters. The Morgan fingerprint density at radius 3 is 2.56 bits per heavy atom. The van der Waals surface area contributed by atoms with E-state index in [9.17, 15) is 18.0 Å². The van der Waals surface area contributed by atoms with E-state index in [1.165, 1.54) is 12.3 Å². The molecular formula is C28H36F4N4O3. The smallest absolute Gasteiger partial charge is 0.425 e. The fourth-order valence-corrected chi connectivity index (χ4v) is 5.14. The number of ether oxygens (including phenoxy) is 2. The molecule has 2 aromatic rings. The summed E-state index contributed by atoms with van der Waals surface area (Å²) >= 11 is 0. The van der Waals surface area contributed by atoms with E-state index in [-0.39, 0.29) is 24.2 Å². The van der Waals surface area contributed by atoms with Gasteiger partial charge in [-0.25, -0.2) is 14.4 Å². The summed E-state index contributed by atoms with van der Waals surface area (Å²) < 4.78 is 64.5. The number of pyridine rings is 1. The predicted molar refractivity (Wildman–Crippen MR) is 137 cm³/mol. The second kappa shape index (κ2) is 12.6. The molecule has 2 aliphatic rings. The lowest BCUT2D eigenvalue weighted by Crippen LogP contribution is -2.36. The van der Waals surface area contributed by atoms with Crippen LogP contribution in [-0.2, 0) is 17.6 Å². The summed E-state index contributed by atoms with van der Waals surface area (Å²) in [6, 6.07) is 3.27. The SMILES string of the molecule is Cc1cnc(OCC(=O)CC2CCC(F)(CCN3CCc4ccc(O[C@H](C)C(F)(F)F)nc4CC3)CC2)cn1. The van der Waals surface area contributed by atoms with Gasteiger partial charge in [0.15, 0.2) is 11.9 Å². The van der Waals surface area contributed by atoms with Crippen LogP contribution in [0.5, 0.6) is 11.8 Å². The van der Waals surface area contributed by atoms with Crippen molar-refractivity contribution in [3.05, 3.63) is 41.5 Å². The number of aryl methyl sites for hydroxylation is 1. The van der Waals surface area contributed by atoms with Crippen LogP contribution in [0.1, 0.15) is 62.4 Å². The topological polar surface area (TPSA) is 77.4 Å². The third-order valence-corrected chi connectivity index (χ3v) is 7.70. The Morgan fingerprint density at radius 2 is 1.87 bits per heavy atom. The van der Waals surface area contributed by atoms with Gasteiger partial charge in [0, 0.05) is 44.2 Å². The molecule has 0 saturated heterocycles. The summed E-state index contributed by atoms with van der Waals surface area (Å²) in [6.07, 6.45) is 0.971. The zero-order chi connectivity index (χ0) is 28.0. The summed E-state index contributed by atoms with van der Waals surface area (Å²) in [7, 11) is 0. The predicted octanol–water partition coefficient (Wildman–Crippen LogP) is 5.24. The number of carbonyl (C=O) groups is 1. The van der Waals surface area contributed by atoms with Crippen molar-refractivity contribution in [2.24, 2.45) is 5.92 Å². The lowest BCUT2D eigenvalue weighted by molar-refractivity contribution is -0.190. The van der Waals surface area contributed by atoms with E-state index in [2.05, 4.69) is 19.9 Å². The van der Waals surface area contributed by atoms with Crippen molar-refractivity contribution in [2.75, 3.05) is 26.2 Å². The van der Waals surface area contributed by atoms with Crippen LogP contribution < -0.4 is 9.47 Å². The molecule has 0 unspecified atom stereocenters. The maximum Gasteiger partial charge on any atom is 0.425 e. The number of Topliss-reactive ketones (excluding diaryl/α,β-unsaturated/α-hetero) is 1. The first kappa shape index (κ1) is 29.2. The number of hydrogen-bond acceptors (Lipinski definition) is 7. The maximum absolute atomic E-state index is 15.6. The normalized spacial score (nSPS) is 23.0. The first-order chi connectivity index (χ1) is 18.5. The molecule has 0 spiro atoms. The summed E-state index contributed by atoms with van der Waals surface area (Å²) in [4.78, 5) is 27.0. The van der Waals surface area contributed by atoms with Gasteiger partial charge in [-0.05, 0) is 63.9 Å². The van der Waals surface area contributed by atoms with E-state index < -0.39 is 17.9 Å². The highest BCUT2D eigenvalue weighted by Gasteiger charge is 2.39. The molecule has 214 valence electrons. The number of nitrogens with zero attached hydrogens (tertiary/aromatic N) is 4. The number of rotatable bonds is 10. The van der Waals surface area contributed by atoms with Crippen LogP contribution in [0.4, 0.5) is 17.6 Å². The molecule has 3 heterocycles. The van der Waals surface area contributed by atoms with Gasteiger partial charge < -0.3 is 14.4 Å². The van der Waals surface area contributed by atoms with Crippen molar-refractivity contribution in [1.29, 1.82) is 0 Å². The molecule has 1 fully saturated rings. The number of halogens is 4. The highest BCUT2D eigenvalue weighted by Crippen LogP contribution is 2.39. The zero-order valence-electron chi connectivity index (χ0n) is 22.5. The Morgan fingerprint density at radius 1 is 1.13 bits per heavy atom. The van der Waals surface area contributed by atoms with E-state index >= 15 is 4.39 Å². The summed E-state index contributed by atoms with van der Waals surface area (Å²) in [5.74, 6) is 0.426. The van der Waals surface area contributed by atoms with Crippen LogP contribution in [0.2, 0.25) is 0 Å². The molecule has 2 aromatic heterocycles. The molecule has 0 radical (unpaired) electrons. The molecule has 1 aliphatic carbocycles. The highest BCUT2D eigenvalue weighted by molar-refractivity contribution is 5.80. The monoisotopic (exact) mass is 552 g/mol. The molecule has 0 aromatic carbocycles. The molecule has 4 rings (SSSR count). The van der Waals surface area contributed by atoms with Crippen molar-refractivity contribution in [3.63, 3.8) is 0 Å². The van der Waals surface area contributed by atoms with Crippen LogP contribution in [0, 0.1) is 12.8 Å². The first-order valence-electron chi connectivity index (χ1n) is 13.6. The number of alkyl halides is 4. The summed E-state index contributed by atoms with van der Waals surface area (Å²) in [6.45, 7) is 4.73. The van der Waals surface area contributed by atoms with E-state index in [4.69, 9.17) is 9.47 Å². The molecule has 7 nitrogen and oxygen atoms in total. The average Bonchev–Trinajstić information content (AvgIpc) is 3.10. The fourth-order valence-electron chi connectivity index (χ4n) is 5.14. The van der Waals surface area contributed by atoms with Crippen molar-refractivity contribution < 1.29 is 31.8 Å². The van der Waals surface area contributed by atoms with Crippen molar-refractivity contribution >= 4 is 5.78 Å². The molecule has 1 saturated carbocycles. The van der Waals surface area contributed by atoms with Gasteiger partial charge >= 0.3 is 6.18 Å². The van der Waals surface area contributed by atoms with Gasteiger partial charge in [0.1, 0.15) is 12.3 Å². The van der Waals surface area contributed by atoms with E-state index in [0.29, 0.717) is 70.3 Å². The van der Waals surface area contributed by atoms with Gasteiger partial charge in [-0.1, -0.05) is 6.07 Å². The van der Waals surface area contributed by atoms with E-state index in [1.54, 1.807) is 12.3 Å². The minimum Gasteiger partial charge on any atom is -0.469 e. The third kappa shape index (κ3) is 8.58.